The molecule has 0 aliphatic carbocycles. The summed E-state index contributed by atoms with van der Waals surface area (Å²) in [4.78, 5) is 16.3. The molecule has 0 radical (unpaired) electrons. The molecule has 1 aromatic heterocycles. The highest BCUT2D eigenvalue weighted by Gasteiger charge is 2.11. The number of anilines is 2. The average Bonchev–Trinajstić information content (AvgIpc) is 2.62. The number of aryl methyl sites for hydroxylation is 1. The third-order valence-electron chi connectivity index (χ3n) is 3.76. The van der Waals surface area contributed by atoms with E-state index in [0.29, 0.717) is 18.3 Å². The molecule has 0 unspecified atom stereocenters. The van der Waals surface area contributed by atoms with Gasteiger partial charge in [0.05, 0.1) is 16.9 Å². The molecule has 3 rings (SSSR count). The van der Waals surface area contributed by atoms with Crippen LogP contribution in [0.2, 0.25) is 0 Å². The number of halogens is 2. The topological polar surface area (TPSA) is 54.0 Å². The van der Waals surface area contributed by atoms with Gasteiger partial charge in [0.15, 0.2) is 0 Å². The normalized spacial score (nSPS) is 10.4. The van der Waals surface area contributed by atoms with Gasteiger partial charge >= 0.3 is 0 Å². The number of nitrogens with zero attached hydrogens (tertiary/aromatic N) is 1. The summed E-state index contributed by atoms with van der Waals surface area (Å²) in [6, 6.07) is 12.7. The fourth-order valence-corrected chi connectivity index (χ4v) is 2.47. The lowest BCUT2D eigenvalue weighted by Crippen LogP contribution is -2.14. The van der Waals surface area contributed by atoms with Crippen molar-refractivity contribution in [3.05, 3.63) is 89.2 Å². The molecule has 1 heterocycles. The van der Waals surface area contributed by atoms with Gasteiger partial charge < -0.3 is 10.6 Å². The van der Waals surface area contributed by atoms with E-state index in [4.69, 9.17) is 0 Å². The SMILES string of the molecule is Cc1cccc(CNc2cncc(C(=O)Nc3ccc(F)cc3F)c2)c1. The van der Waals surface area contributed by atoms with Gasteiger partial charge in [-0.25, -0.2) is 8.78 Å². The third kappa shape index (κ3) is 4.42. The van der Waals surface area contributed by atoms with Crippen LogP contribution in [0.15, 0.2) is 60.9 Å². The van der Waals surface area contributed by atoms with Crippen molar-refractivity contribution in [3.8, 4) is 0 Å². The second-order valence-corrected chi connectivity index (χ2v) is 5.88. The Hall–Kier alpha value is -3.28. The first kappa shape index (κ1) is 17.5. The largest absolute Gasteiger partial charge is 0.380 e. The van der Waals surface area contributed by atoms with Gasteiger partial charge in [-0.2, -0.15) is 0 Å². The van der Waals surface area contributed by atoms with E-state index in [1.807, 2.05) is 25.1 Å². The molecular formula is C20H17F2N3O. The van der Waals surface area contributed by atoms with Gasteiger partial charge in [-0.3, -0.25) is 9.78 Å². The maximum Gasteiger partial charge on any atom is 0.257 e. The number of benzene rings is 2. The molecule has 0 saturated carbocycles. The Balaban J connectivity index is 1.69. The fraction of sp³-hybridized carbons (Fsp3) is 0.100. The number of aromatic nitrogens is 1. The first-order chi connectivity index (χ1) is 12.5. The molecule has 0 atom stereocenters. The van der Waals surface area contributed by atoms with Crippen LogP contribution in [0.4, 0.5) is 20.2 Å². The molecule has 1 amide bonds. The van der Waals surface area contributed by atoms with E-state index in [0.717, 1.165) is 17.2 Å². The van der Waals surface area contributed by atoms with E-state index in [2.05, 4.69) is 21.7 Å². The lowest BCUT2D eigenvalue weighted by molar-refractivity contribution is 0.102. The molecule has 26 heavy (non-hydrogen) atoms. The van der Waals surface area contributed by atoms with Crippen LogP contribution in [0.5, 0.6) is 0 Å². The molecule has 0 fully saturated rings. The Kier molecular flexibility index (Phi) is 5.22. The van der Waals surface area contributed by atoms with Crippen LogP contribution in [-0.4, -0.2) is 10.9 Å². The molecular weight excluding hydrogens is 336 g/mol. The van der Waals surface area contributed by atoms with Gasteiger partial charge in [-0.1, -0.05) is 29.8 Å². The predicted molar refractivity (Wildman–Crippen MR) is 97.1 cm³/mol. The zero-order valence-electron chi connectivity index (χ0n) is 14.1. The van der Waals surface area contributed by atoms with E-state index in [1.54, 1.807) is 12.3 Å². The van der Waals surface area contributed by atoms with Crippen molar-refractivity contribution in [3.63, 3.8) is 0 Å². The molecule has 0 saturated heterocycles. The van der Waals surface area contributed by atoms with E-state index >= 15 is 0 Å². The Morgan fingerprint density at radius 1 is 1.08 bits per heavy atom. The van der Waals surface area contributed by atoms with Crippen molar-refractivity contribution >= 4 is 17.3 Å². The first-order valence-corrected chi connectivity index (χ1v) is 8.02. The smallest absolute Gasteiger partial charge is 0.257 e. The van der Waals surface area contributed by atoms with Gasteiger partial charge in [0.25, 0.3) is 5.91 Å². The average molecular weight is 353 g/mol. The summed E-state index contributed by atoms with van der Waals surface area (Å²) in [6.07, 6.45) is 2.99. The molecule has 6 heteroatoms. The van der Waals surface area contributed by atoms with Crippen molar-refractivity contribution in [1.82, 2.24) is 4.98 Å². The number of nitrogens with one attached hydrogen (secondary N) is 2. The maximum atomic E-state index is 13.7. The second-order valence-electron chi connectivity index (χ2n) is 5.88. The summed E-state index contributed by atoms with van der Waals surface area (Å²) in [5.74, 6) is -2.06. The highest BCUT2D eigenvalue weighted by Crippen LogP contribution is 2.17. The maximum absolute atomic E-state index is 13.7. The number of hydrogen-bond donors (Lipinski definition) is 2. The molecule has 0 aliphatic heterocycles. The predicted octanol–water partition coefficient (Wildman–Crippen LogP) is 4.53. The van der Waals surface area contributed by atoms with Crippen LogP contribution < -0.4 is 10.6 Å². The third-order valence-corrected chi connectivity index (χ3v) is 3.76. The Morgan fingerprint density at radius 3 is 2.69 bits per heavy atom. The Bertz CT molecular complexity index is 944. The molecule has 0 aliphatic rings. The molecule has 4 nitrogen and oxygen atoms in total. The quantitative estimate of drug-likeness (QED) is 0.708. The number of hydrogen-bond acceptors (Lipinski definition) is 3. The number of carbonyl (C=O) groups is 1. The number of rotatable bonds is 5. The Morgan fingerprint density at radius 2 is 1.92 bits per heavy atom. The zero-order chi connectivity index (χ0) is 18.5. The van der Waals surface area contributed by atoms with Crippen LogP contribution in [0, 0.1) is 18.6 Å². The number of pyridine rings is 1. The van der Waals surface area contributed by atoms with Crippen molar-refractivity contribution in [2.75, 3.05) is 10.6 Å². The fourth-order valence-electron chi connectivity index (χ4n) is 2.47. The van der Waals surface area contributed by atoms with Gasteiger partial charge in [0.2, 0.25) is 0 Å². The van der Waals surface area contributed by atoms with Gasteiger partial charge in [-0.15, -0.1) is 0 Å². The van der Waals surface area contributed by atoms with Crippen LogP contribution in [0.25, 0.3) is 0 Å². The summed E-state index contributed by atoms with van der Waals surface area (Å²) in [5, 5.41) is 5.61. The molecule has 2 N–H and O–H groups in total. The van der Waals surface area contributed by atoms with Crippen LogP contribution in [0.1, 0.15) is 21.5 Å². The van der Waals surface area contributed by atoms with Crippen LogP contribution in [-0.2, 0) is 6.54 Å². The lowest BCUT2D eigenvalue weighted by Gasteiger charge is -2.09. The van der Waals surface area contributed by atoms with Gasteiger partial charge in [0, 0.05) is 25.0 Å². The van der Waals surface area contributed by atoms with Crippen LogP contribution >= 0.6 is 0 Å². The minimum absolute atomic E-state index is 0.0884. The summed E-state index contributed by atoms with van der Waals surface area (Å²) in [7, 11) is 0. The van der Waals surface area contributed by atoms with Crippen molar-refractivity contribution < 1.29 is 13.6 Å². The van der Waals surface area contributed by atoms with E-state index in [-0.39, 0.29) is 11.3 Å². The minimum atomic E-state index is -0.833. The highest BCUT2D eigenvalue weighted by atomic mass is 19.1. The number of amides is 1. The van der Waals surface area contributed by atoms with Crippen molar-refractivity contribution in [2.45, 2.75) is 13.5 Å². The molecule has 0 bridgehead atoms. The van der Waals surface area contributed by atoms with E-state index in [9.17, 15) is 13.6 Å². The van der Waals surface area contributed by atoms with E-state index < -0.39 is 17.5 Å². The monoisotopic (exact) mass is 353 g/mol. The summed E-state index contributed by atoms with van der Waals surface area (Å²) in [6.45, 7) is 2.60. The Labute approximate surface area is 149 Å². The van der Waals surface area contributed by atoms with Gasteiger partial charge in [0.1, 0.15) is 11.6 Å². The molecule has 132 valence electrons. The minimum Gasteiger partial charge on any atom is -0.380 e. The van der Waals surface area contributed by atoms with Crippen molar-refractivity contribution in [2.24, 2.45) is 0 Å². The summed E-state index contributed by atoms with van der Waals surface area (Å²) in [5.41, 5.74) is 3.11. The number of carbonyl (C=O) groups excluding carboxylic acids is 1. The summed E-state index contributed by atoms with van der Waals surface area (Å²) < 4.78 is 26.6. The standard InChI is InChI=1S/C20H17F2N3O/c1-13-3-2-4-14(7-13)10-24-17-8-15(11-23-12-17)20(26)25-19-6-5-16(21)9-18(19)22/h2-9,11-12,24H,10H2,1H3,(H,25,26). The highest BCUT2D eigenvalue weighted by molar-refractivity contribution is 6.04. The van der Waals surface area contributed by atoms with Crippen LogP contribution in [0.3, 0.4) is 0 Å². The summed E-state index contributed by atoms with van der Waals surface area (Å²) >= 11 is 0. The first-order valence-electron chi connectivity index (χ1n) is 8.02. The zero-order valence-corrected chi connectivity index (χ0v) is 14.1. The van der Waals surface area contributed by atoms with Gasteiger partial charge in [-0.05, 0) is 30.7 Å². The lowest BCUT2D eigenvalue weighted by atomic mass is 10.1. The van der Waals surface area contributed by atoms with Crippen molar-refractivity contribution in [1.29, 1.82) is 0 Å². The molecule has 2 aromatic carbocycles. The molecule has 0 spiro atoms. The second kappa shape index (κ2) is 7.74. The molecule has 3 aromatic rings. The van der Waals surface area contributed by atoms with E-state index in [1.165, 1.54) is 12.3 Å².